The van der Waals surface area contributed by atoms with Gasteiger partial charge in [-0.1, -0.05) is 188 Å². The fourth-order valence-corrected chi connectivity index (χ4v) is 14.5. The Kier molecular flexibility index (Phi) is 8.18. The zero-order valence-electron chi connectivity index (χ0n) is 38.8. The number of benzene rings is 11. The fraction of sp³-hybridized carbons (Fsp3) is 0.0294. The highest BCUT2D eigenvalue weighted by Gasteiger charge is 2.54. The van der Waals surface area contributed by atoms with Gasteiger partial charge in [0.05, 0.1) is 22.2 Å². The van der Waals surface area contributed by atoms with Crippen molar-refractivity contribution in [2.24, 2.45) is 0 Å². The minimum Gasteiger partial charge on any atom is -0.457 e. The molecule has 4 heteroatoms. The van der Waals surface area contributed by atoms with Gasteiger partial charge in [-0.3, -0.25) is 0 Å². The van der Waals surface area contributed by atoms with E-state index in [4.69, 9.17) is 9.47 Å². The molecule has 2 aliphatic heterocycles. The largest absolute Gasteiger partial charge is 0.457 e. The Hall–Kier alpha value is -8.96. The highest BCUT2D eigenvalue weighted by Crippen LogP contribution is 2.67. The van der Waals surface area contributed by atoms with Crippen LogP contribution in [0.25, 0.3) is 53.6 Å². The van der Waals surface area contributed by atoms with Crippen LogP contribution in [0.5, 0.6) is 23.0 Å². The van der Waals surface area contributed by atoms with Crippen molar-refractivity contribution in [1.82, 2.24) is 0 Å². The van der Waals surface area contributed by atoms with Crippen LogP contribution in [0.4, 0.5) is 17.1 Å². The summed E-state index contributed by atoms with van der Waals surface area (Å²) in [4.78, 5) is 2.56. The maximum atomic E-state index is 6.77. The van der Waals surface area contributed by atoms with Gasteiger partial charge in [0.2, 0.25) is 0 Å². The first kappa shape index (κ1) is 39.8. The van der Waals surface area contributed by atoms with E-state index in [0.29, 0.717) is 0 Å². The molecule has 72 heavy (non-hydrogen) atoms. The van der Waals surface area contributed by atoms with E-state index >= 15 is 0 Å². The smallest absolute Gasteiger partial charge is 0.132 e. The van der Waals surface area contributed by atoms with E-state index in [0.717, 1.165) is 62.3 Å². The number of anilines is 3. The average Bonchev–Trinajstić information content (AvgIpc) is 4.07. The summed E-state index contributed by atoms with van der Waals surface area (Å²) < 4.78 is 16.1. The quantitative estimate of drug-likeness (QED) is 0.176. The number of hydrogen-bond donors (Lipinski definition) is 0. The van der Waals surface area contributed by atoms with Gasteiger partial charge >= 0.3 is 0 Å². The zero-order valence-corrected chi connectivity index (χ0v) is 39.7. The van der Waals surface area contributed by atoms with Crippen molar-refractivity contribution in [3.63, 3.8) is 0 Å². The first-order valence-electron chi connectivity index (χ1n) is 24.7. The molecule has 3 nitrogen and oxygen atoms in total. The van der Waals surface area contributed by atoms with Gasteiger partial charge in [0.25, 0.3) is 0 Å². The number of fused-ring (bicyclic) bond motifs is 21. The number of ether oxygens (including phenoxy) is 2. The van der Waals surface area contributed by atoms with E-state index in [2.05, 4.69) is 254 Å². The maximum Gasteiger partial charge on any atom is 0.132 e. The van der Waals surface area contributed by atoms with Crippen LogP contribution in [-0.4, -0.2) is 0 Å². The van der Waals surface area contributed by atoms with Crippen molar-refractivity contribution in [3.8, 4) is 56.4 Å². The van der Waals surface area contributed by atoms with E-state index in [1.807, 2.05) is 11.3 Å². The number of para-hydroxylation sites is 4. The van der Waals surface area contributed by atoms with Crippen LogP contribution in [0.2, 0.25) is 0 Å². The molecule has 1 aromatic heterocycles. The van der Waals surface area contributed by atoms with Crippen LogP contribution in [-0.2, 0) is 10.8 Å². The minimum absolute atomic E-state index is 0.629. The molecule has 0 fully saturated rings. The van der Waals surface area contributed by atoms with Crippen LogP contribution in [0.3, 0.4) is 0 Å². The third kappa shape index (κ3) is 5.08. The van der Waals surface area contributed by atoms with Crippen LogP contribution < -0.4 is 14.4 Å². The summed E-state index contributed by atoms with van der Waals surface area (Å²) in [7, 11) is 0. The second kappa shape index (κ2) is 14.8. The van der Waals surface area contributed by atoms with Gasteiger partial charge in [-0.05, 0) is 105 Å². The zero-order chi connectivity index (χ0) is 47.1. The van der Waals surface area contributed by atoms with Crippen LogP contribution >= 0.6 is 11.3 Å². The summed E-state index contributed by atoms with van der Waals surface area (Å²) in [5.41, 5.74) is 18.8. The number of thiophene rings is 1. The molecule has 0 radical (unpaired) electrons. The number of nitrogens with zero attached hydrogens (tertiary/aromatic N) is 1. The van der Waals surface area contributed by atoms with Gasteiger partial charge in [-0.25, -0.2) is 0 Å². The van der Waals surface area contributed by atoms with Crippen molar-refractivity contribution >= 4 is 48.6 Å². The molecular formula is C68H41NO2S. The van der Waals surface area contributed by atoms with Crippen molar-refractivity contribution in [2.75, 3.05) is 4.90 Å². The number of hydrogen-bond acceptors (Lipinski definition) is 4. The van der Waals surface area contributed by atoms with Crippen LogP contribution in [0, 0.1) is 0 Å². The van der Waals surface area contributed by atoms with Gasteiger partial charge in [0.15, 0.2) is 0 Å². The Balaban J connectivity index is 0.998. The molecule has 336 valence electrons. The minimum atomic E-state index is -0.629. The lowest BCUT2D eigenvalue weighted by atomic mass is 9.66. The van der Waals surface area contributed by atoms with Crippen molar-refractivity contribution < 1.29 is 9.47 Å². The molecule has 3 heterocycles. The summed E-state index contributed by atoms with van der Waals surface area (Å²) in [5.74, 6) is 3.52. The molecule has 11 aromatic carbocycles. The molecule has 0 amide bonds. The summed E-state index contributed by atoms with van der Waals surface area (Å²) in [6.07, 6.45) is 0. The van der Waals surface area contributed by atoms with Gasteiger partial charge in [-0.15, -0.1) is 11.3 Å². The first-order valence-corrected chi connectivity index (χ1v) is 25.6. The van der Waals surface area contributed by atoms with Crippen molar-refractivity contribution in [2.45, 2.75) is 10.8 Å². The highest BCUT2D eigenvalue weighted by atomic mass is 32.1. The molecule has 0 saturated heterocycles. The lowest BCUT2D eigenvalue weighted by Gasteiger charge is -2.40. The number of rotatable bonds is 4. The average molecular weight is 936 g/mol. The van der Waals surface area contributed by atoms with Crippen LogP contribution in [0.1, 0.15) is 44.5 Å². The predicted molar refractivity (Wildman–Crippen MR) is 294 cm³/mol. The third-order valence-electron chi connectivity index (χ3n) is 16.0. The monoisotopic (exact) mass is 935 g/mol. The molecule has 2 spiro atoms. The Bertz CT molecular complexity index is 3970. The van der Waals surface area contributed by atoms with E-state index in [-0.39, 0.29) is 0 Å². The van der Waals surface area contributed by atoms with Gasteiger partial charge in [0.1, 0.15) is 23.0 Å². The lowest BCUT2D eigenvalue weighted by Crippen LogP contribution is -2.32. The summed E-state index contributed by atoms with van der Waals surface area (Å²) in [6, 6.07) is 91.5. The second-order valence-electron chi connectivity index (χ2n) is 19.3. The Morgan fingerprint density at radius 3 is 1.21 bits per heavy atom. The van der Waals surface area contributed by atoms with E-state index in [1.54, 1.807) is 0 Å². The predicted octanol–water partition coefficient (Wildman–Crippen LogP) is 18.1. The topological polar surface area (TPSA) is 21.7 Å². The Morgan fingerprint density at radius 1 is 0.306 bits per heavy atom. The first-order chi connectivity index (χ1) is 35.7. The summed E-state index contributed by atoms with van der Waals surface area (Å²) >= 11 is 1.86. The highest BCUT2D eigenvalue weighted by molar-refractivity contribution is 7.25. The normalized spacial score (nSPS) is 14.3. The molecule has 0 N–H and O–H groups in total. The van der Waals surface area contributed by atoms with Gasteiger partial charge < -0.3 is 14.4 Å². The molecule has 2 aliphatic carbocycles. The van der Waals surface area contributed by atoms with Crippen molar-refractivity contribution in [3.05, 3.63) is 293 Å². The SMILES string of the molecule is c1ccc2c(c1)Oc1ccccc1C21c2ccccc2-c2c(N(c3ccc(-c4cccc5sc6ccccc6c45)cc3)c3cccc4c3-c3ccccc3C43c4ccccc4Oc4ccccc43)cccc21. The lowest BCUT2D eigenvalue weighted by molar-refractivity contribution is 0.436. The molecule has 0 atom stereocenters. The maximum absolute atomic E-state index is 6.77. The summed E-state index contributed by atoms with van der Waals surface area (Å²) in [6.45, 7) is 0. The molecule has 4 aliphatic rings. The summed E-state index contributed by atoms with van der Waals surface area (Å²) in [5, 5.41) is 2.61. The van der Waals surface area contributed by atoms with Gasteiger partial charge in [-0.2, -0.15) is 0 Å². The molecule has 12 aromatic rings. The van der Waals surface area contributed by atoms with E-state index < -0.39 is 10.8 Å². The van der Waals surface area contributed by atoms with E-state index in [1.165, 1.54) is 75.8 Å². The molecule has 0 saturated carbocycles. The van der Waals surface area contributed by atoms with E-state index in [9.17, 15) is 0 Å². The Labute approximate surface area is 421 Å². The second-order valence-corrected chi connectivity index (χ2v) is 20.4. The fourth-order valence-electron chi connectivity index (χ4n) is 13.4. The molecular weight excluding hydrogens is 895 g/mol. The molecule has 0 bridgehead atoms. The van der Waals surface area contributed by atoms with Gasteiger partial charge in [0, 0.05) is 59.2 Å². The molecule has 16 rings (SSSR count). The standard InChI is InChI=1S/C68H41NO2S/c1-4-22-48-45(18-1)65-54(67(48)50-24-6-10-32-58(50)70-59-33-11-7-25-51(59)67)28-16-30-56(65)69(43-40-38-42(39-41-43)44-21-15-37-63-64(44)47-20-3-14-36-62(47)72-63)57-31-17-29-55-66(57)46-19-2-5-23-49(46)68(55)52-26-8-12-34-60(52)71-61-35-13-9-27-53(61)68/h1-41H. The van der Waals surface area contributed by atoms with Crippen LogP contribution in [0.15, 0.2) is 249 Å². The third-order valence-corrected chi connectivity index (χ3v) is 17.2. The Morgan fingerprint density at radius 2 is 0.694 bits per heavy atom. The molecule has 0 unspecified atom stereocenters. The van der Waals surface area contributed by atoms with Crippen molar-refractivity contribution in [1.29, 1.82) is 0 Å².